The molecule has 0 aliphatic heterocycles. The van der Waals surface area contributed by atoms with E-state index in [0.717, 1.165) is 12.8 Å². The Morgan fingerprint density at radius 2 is 1.82 bits per heavy atom. The molecule has 5 nitrogen and oxygen atoms in total. The molecule has 0 spiro atoms. The van der Waals surface area contributed by atoms with Crippen LogP contribution in [0.5, 0.6) is 0 Å². The van der Waals surface area contributed by atoms with Gasteiger partial charge < -0.3 is 9.47 Å². The van der Waals surface area contributed by atoms with Crippen molar-refractivity contribution in [2.75, 3.05) is 0 Å². The molecule has 1 atom stereocenters. The summed E-state index contributed by atoms with van der Waals surface area (Å²) in [7, 11) is 0. The molecule has 0 N–H and O–H groups in total. The predicted octanol–water partition coefficient (Wildman–Crippen LogP) is 2.30. The van der Waals surface area contributed by atoms with E-state index in [1.807, 2.05) is 20.8 Å². The summed E-state index contributed by atoms with van der Waals surface area (Å²) in [6.07, 6.45) is 0.874. The lowest BCUT2D eigenvalue weighted by atomic mass is 10.2. The van der Waals surface area contributed by atoms with Gasteiger partial charge in [-0.05, 0) is 40.5 Å². The van der Waals surface area contributed by atoms with Gasteiger partial charge in [0.25, 0.3) is 0 Å². The lowest BCUT2D eigenvalue weighted by molar-refractivity contribution is -0.154. The molecule has 1 saturated carbocycles. The van der Waals surface area contributed by atoms with Crippen molar-refractivity contribution < 1.29 is 19.1 Å². The minimum Gasteiger partial charge on any atom is -0.444 e. The molecule has 0 bridgehead atoms. The molecule has 1 aliphatic rings. The van der Waals surface area contributed by atoms with Crippen LogP contribution in [0.4, 0.5) is 4.79 Å². The van der Waals surface area contributed by atoms with E-state index in [9.17, 15) is 9.59 Å². The van der Waals surface area contributed by atoms with Crippen molar-refractivity contribution in [1.29, 1.82) is 0 Å². The van der Waals surface area contributed by atoms with Crippen molar-refractivity contribution in [2.24, 2.45) is 0 Å². The standard InChI is InChI=1S/C12H21NO4/c1-8(16-9(2)14)13(10-6-7-10)11(15)17-12(3,4)5/h8,10H,6-7H2,1-5H3. The third-order valence-corrected chi connectivity index (χ3v) is 2.27. The fourth-order valence-corrected chi connectivity index (χ4v) is 1.56. The van der Waals surface area contributed by atoms with Crippen LogP contribution in [-0.2, 0) is 14.3 Å². The molecule has 98 valence electrons. The van der Waals surface area contributed by atoms with Crippen LogP contribution in [0.3, 0.4) is 0 Å². The monoisotopic (exact) mass is 243 g/mol. The Morgan fingerprint density at radius 3 is 2.18 bits per heavy atom. The molecule has 5 heteroatoms. The van der Waals surface area contributed by atoms with Crippen molar-refractivity contribution in [3.05, 3.63) is 0 Å². The summed E-state index contributed by atoms with van der Waals surface area (Å²) in [5, 5.41) is 0. The maximum absolute atomic E-state index is 12.0. The van der Waals surface area contributed by atoms with E-state index < -0.39 is 23.9 Å². The third kappa shape index (κ3) is 4.63. The zero-order valence-corrected chi connectivity index (χ0v) is 11.1. The van der Waals surface area contributed by atoms with Gasteiger partial charge in [0, 0.05) is 13.0 Å². The molecule has 1 aliphatic carbocycles. The summed E-state index contributed by atoms with van der Waals surface area (Å²) in [6.45, 7) is 8.45. The van der Waals surface area contributed by atoms with Gasteiger partial charge in [-0.3, -0.25) is 9.69 Å². The Bertz CT molecular complexity index is 304. The second kappa shape index (κ2) is 4.94. The molecule has 1 amide bonds. The Balaban J connectivity index is 2.65. The van der Waals surface area contributed by atoms with Crippen LogP contribution < -0.4 is 0 Å². The van der Waals surface area contributed by atoms with Crippen molar-refractivity contribution in [2.45, 2.75) is 65.3 Å². The first-order chi connectivity index (χ1) is 7.70. The highest BCUT2D eigenvalue weighted by Gasteiger charge is 2.39. The SMILES string of the molecule is CC(=O)OC(C)N(C(=O)OC(C)(C)C)C1CC1. The zero-order valence-electron chi connectivity index (χ0n) is 11.1. The predicted molar refractivity (Wildman–Crippen MR) is 62.3 cm³/mol. The van der Waals surface area contributed by atoms with Crippen molar-refractivity contribution in [1.82, 2.24) is 4.90 Å². The highest BCUT2D eigenvalue weighted by molar-refractivity contribution is 5.70. The third-order valence-electron chi connectivity index (χ3n) is 2.27. The molecule has 0 heterocycles. The number of amides is 1. The molecule has 0 aromatic rings. The van der Waals surface area contributed by atoms with Gasteiger partial charge in [0.1, 0.15) is 5.60 Å². The minimum absolute atomic E-state index is 0.138. The zero-order chi connectivity index (χ0) is 13.2. The number of carbonyl (C=O) groups is 2. The molecule has 0 aromatic carbocycles. The minimum atomic E-state index is -0.574. The van der Waals surface area contributed by atoms with Gasteiger partial charge in [0.2, 0.25) is 0 Å². The number of hydrogen-bond acceptors (Lipinski definition) is 4. The number of hydrogen-bond donors (Lipinski definition) is 0. The summed E-state index contributed by atoms with van der Waals surface area (Å²) in [6, 6.07) is 0.138. The molecular formula is C12H21NO4. The second-order valence-corrected chi connectivity index (χ2v) is 5.33. The largest absolute Gasteiger partial charge is 0.444 e. The molecule has 0 aromatic heterocycles. The van der Waals surface area contributed by atoms with Crippen LogP contribution >= 0.6 is 0 Å². The second-order valence-electron chi connectivity index (χ2n) is 5.33. The topological polar surface area (TPSA) is 55.8 Å². The van der Waals surface area contributed by atoms with Gasteiger partial charge in [-0.15, -0.1) is 0 Å². The van der Waals surface area contributed by atoms with Crippen LogP contribution in [0, 0.1) is 0 Å². The average Bonchev–Trinajstić information content (AvgIpc) is 2.82. The van der Waals surface area contributed by atoms with Crippen LogP contribution in [0.25, 0.3) is 0 Å². The van der Waals surface area contributed by atoms with E-state index in [2.05, 4.69) is 0 Å². The Labute approximate surface area is 102 Å². The normalized spacial score (nSPS) is 17.2. The summed E-state index contributed by atoms with van der Waals surface area (Å²) in [5.74, 6) is -0.397. The quantitative estimate of drug-likeness (QED) is 0.563. The molecule has 0 saturated heterocycles. The smallest absolute Gasteiger partial charge is 0.413 e. The van der Waals surface area contributed by atoms with E-state index in [-0.39, 0.29) is 6.04 Å². The highest BCUT2D eigenvalue weighted by Crippen LogP contribution is 2.30. The van der Waals surface area contributed by atoms with Crippen LogP contribution in [0.2, 0.25) is 0 Å². The molecule has 17 heavy (non-hydrogen) atoms. The average molecular weight is 243 g/mol. The van der Waals surface area contributed by atoms with Crippen molar-refractivity contribution in [3.63, 3.8) is 0 Å². The van der Waals surface area contributed by atoms with Gasteiger partial charge >= 0.3 is 12.1 Å². The molecule has 1 fully saturated rings. The Kier molecular flexibility index (Phi) is 4.01. The molecular weight excluding hydrogens is 222 g/mol. The number of ether oxygens (including phenoxy) is 2. The fraction of sp³-hybridized carbons (Fsp3) is 0.833. The van der Waals surface area contributed by atoms with Crippen LogP contribution in [0.1, 0.15) is 47.5 Å². The maximum Gasteiger partial charge on any atom is 0.413 e. The van der Waals surface area contributed by atoms with Gasteiger partial charge in [0.05, 0.1) is 0 Å². The fourth-order valence-electron chi connectivity index (χ4n) is 1.56. The summed E-state index contributed by atoms with van der Waals surface area (Å²) < 4.78 is 10.3. The van der Waals surface area contributed by atoms with E-state index in [4.69, 9.17) is 9.47 Å². The van der Waals surface area contributed by atoms with Crippen molar-refractivity contribution >= 4 is 12.1 Å². The Morgan fingerprint density at radius 1 is 1.29 bits per heavy atom. The van der Waals surface area contributed by atoms with Gasteiger partial charge in [-0.2, -0.15) is 0 Å². The molecule has 1 rings (SSSR count). The first-order valence-electron chi connectivity index (χ1n) is 5.89. The maximum atomic E-state index is 12.0. The van der Waals surface area contributed by atoms with Crippen LogP contribution in [-0.4, -0.2) is 34.8 Å². The van der Waals surface area contributed by atoms with Crippen LogP contribution in [0.15, 0.2) is 0 Å². The number of nitrogens with zero attached hydrogens (tertiary/aromatic N) is 1. The van der Waals surface area contributed by atoms with E-state index in [0.29, 0.717) is 0 Å². The summed E-state index contributed by atoms with van der Waals surface area (Å²) in [5.41, 5.74) is -0.542. The van der Waals surface area contributed by atoms with Gasteiger partial charge in [-0.1, -0.05) is 0 Å². The molecule has 1 unspecified atom stereocenters. The summed E-state index contributed by atoms with van der Waals surface area (Å²) >= 11 is 0. The number of carbonyl (C=O) groups excluding carboxylic acids is 2. The van der Waals surface area contributed by atoms with Crippen molar-refractivity contribution in [3.8, 4) is 0 Å². The summed E-state index contributed by atoms with van der Waals surface area (Å²) in [4.78, 5) is 24.4. The lowest BCUT2D eigenvalue weighted by Crippen LogP contribution is -2.45. The Hall–Kier alpha value is -1.26. The van der Waals surface area contributed by atoms with E-state index in [1.165, 1.54) is 11.8 Å². The van der Waals surface area contributed by atoms with E-state index in [1.54, 1.807) is 6.92 Å². The molecule has 0 radical (unpaired) electrons. The van der Waals surface area contributed by atoms with Gasteiger partial charge in [0.15, 0.2) is 6.23 Å². The highest BCUT2D eigenvalue weighted by atomic mass is 16.6. The first kappa shape index (κ1) is 13.8. The first-order valence-corrected chi connectivity index (χ1v) is 5.89. The van der Waals surface area contributed by atoms with Gasteiger partial charge in [-0.25, -0.2) is 4.79 Å². The number of rotatable bonds is 3. The van der Waals surface area contributed by atoms with E-state index >= 15 is 0 Å². The number of esters is 1. The lowest BCUT2D eigenvalue weighted by Gasteiger charge is -2.31.